The number of hydrogen-bond acceptors (Lipinski definition) is 3. The van der Waals surface area contributed by atoms with Crippen LogP contribution in [-0.2, 0) is 0 Å². The van der Waals surface area contributed by atoms with Gasteiger partial charge >= 0.3 is 6.03 Å². The smallest absolute Gasteiger partial charge is 0.318 e. The lowest BCUT2D eigenvalue weighted by atomic mass is 10.1. The van der Waals surface area contributed by atoms with Crippen LogP contribution in [0.15, 0.2) is 11.4 Å². The Labute approximate surface area is 106 Å². The van der Waals surface area contributed by atoms with Crippen molar-refractivity contribution in [3.8, 4) is 0 Å². The van der Waals surface area contributed by atoms with Gasteiger partial charge in [-0.25, -0.2) is 4.79 Å². The van der Waals surface area contributed by atoms with Crippen molar-refractivity contribution >= 4 is 17.4 Å². The number of urea groups is 1. The zero-order chi connectivity index (χ0) is 12.4. The summed E-state index contributed by atoms with van der Waals surface area (Å²) in [6.07, 6.45) is 0.851. The van der Waals surface area contributed by atoms with E-state index in [1.807, 2.05) is 4.90 Å². The first-order chi connectivity index (χ1) is 8.13. The first-order valence-corrected chi connectivity index (χ1v) is 6.82. The summed E-state index contributed by atoms with van der Waals surface area (Å²) in [6, 6.07) is 2.48. The van der Waals surface area contributed by atoms with Crippen LogP contribution in [-0.4, -0.2) is 30.1 Å². The number of nitrogens with one attached hydrogen (secondary N) is 1. The minimum Gasteiger partial charge on any atom is -0.330 e. The van der Waals surface area contributed by atoms with Crippen LogP contribution < -0.4 is 11.1 Å². The van der Waals surface area contributed by atoms with Crippen LogP contribution in [0.5, 0.6) is 0 Å². The Morgan fingerprint density at radius 1 is 1.71 bits per heavy atom. The quantitative estimate of drug-likeness (QED) is 0.860. The lowest BCUT2D eigenvalue weighted by Crippen LogP contribution is -2.37. The molecule has 2 heterocycles. The molecule has 1 saturated heterocycles. The predicted molar refractivity (Wildman–Crippen MR) is 70.2 cm³/mol. The zero-order valence-corrected chi connectivity index (χ0v) is 11.1. The van der Waals surface area contributed by atoms with Gasteiger partial charge in [0.15, 0.2) is 0 Å². The molecule has 2 atom stereocenters. The van der Waals surface area contributed by atoms with E-state index in [1.165, 1.54) is 10.4 Å². The maximum absolute atomic E-state index is 11.9. The van der Waals surface area contributed by atoms with Gasteiger partial charge in [-0.1, -0.05) is 0 Å². The van der Waals surface area contributed by atoms with Gasteiger partial charge in [0.1, 0.15) is 0 Å². The second-order valence-corrected chi connectivity index (χ2v) is 5.50. The number of nitrogens with two attached hydrogens (primary N) is 1. The molecule has 0 aromatic carbocycles. The molecule has 0 saturated carbocycles. The molecule has 1 aromatic heterocycles. The van der Waals surface area contributed by atoms with Crippen molar-refractivity contribution in [1.29, 1.82) is 0 Å². The summed E-state index contributed by atoms with van der Waals surface area (Å²) in [5.41, 5.74) is 6.80. The van der Waals surface area contributed by atoms with E-state index in [9.17, 15) is 4.79 Å². The molecular weight excluding hydrogens is 234 g/mol. The van der Waals surface area contributed by atoms with E-state index in [-0.39, 0.29) is 18.1 Å². The van der Waals surface area contributed by atoms with E-state index in [4.69, 9.17) is 5.73 Å². The highest BCUT2D eigenvalue weighted by Crippen LogP contribution is 2.28. The van der Waals surface area contributed by atoms with Gasteiger partial charge in [0, 0.05) is 17.5 Å². The molecular formula is C12H19N3OS. The number of amides is 2. The van der Waals surface area contributed by atoms with Crippen LogP contribution in [0.4, 0.5) is 4.79 Å². The summed E-state index contributed by atoms with van der Waals surface area (Å²) >= 11 is 1.71. The van der Waals surface area contributed by atoms with Gasteiger partial charge in [-0.2, -0.15) is 0 Å². The van der Waals surface area contributed by atoms with Crippen molar-refractivity contribution in [1.82, 2.24) is 10.2 Å². The average molecular weight is 253 g/mol. The second kappa shape index (κ2) is 5.06. The Hall–Kier alpha value is -1.07. The molecule has 0 spiro atoms. The number of nitrogens with zero attached hydrogens (tertiary/aromatic N) is 1. The Bertz CT molecular complexity index is 404. The molecule has 3 N–H and O–H groups in total. The highest BCUT2D eigenvalue weighted by Gasteiger charge is 2.33. The van der Waals surface area contributed by atoms with Crippen LogP contribution in [0.3, 0.4) is 0 Å². The Balaban J connectivity index is 2.07. The van der Waals surface area contributed by atoms with Gasteiger partial charge in [0.2, 0.25) is 0 Å². The number of carbonyl (C=O) groups excluding carboxylic acids is 1. The van der Waals surface area contributed by atoms with E-state index < -0.39 is 0 Å². The van der Waals surface area contributed by atoms with Gasteiger partial charge in [0.25, 0.3) is 0 Å². The number of aryl methyl sites for hydroxylation is 1. The molecule has 0 bridgehead atoms. The maximum Gasteiger partial charge on any atom is 0.318 e. The molecule has 17 heavy (non-hydrogen) atoms. The molecule has 0 aliphatic carbocycles. The fourth-order valence-corrected chi connectivity index (χ4v) is 3.19. The monoisotopic (exact) mass is 253 g/mol. The largest absolute Gasteiger partial charge is 0.330 e. The lowest BCUT2D eigenvalue weighted by Gasteiger charge is -2.22. The number of carbonyl (C=O) groups is 1. The molecule has 4 nitrogen and oxygen atoms in total. The van der Waals surface area contributed by atoms with Crippen LogP contribution in [0.2, 0.25) is 0 Å². The summed E-state index contributed by atoms with van der Waals surface area (Å²) in [7, 11) is 0. The molecule has 1 aromatic rings. The summed E-state index contributed by atoms with van der Waals surface area (Å²) in [5.74, 6) is 0. The van der Waals surface area contributed by atoms with E-state index in [0.29, 0.717) is 6.54 Å². The van der Waals surface area contributed by atoms with E-state index >= 15 is 0 Å². The highest BCUT2D eigenvalue weighted by atomic mass is 32.1. The second-order valence-electron chi connectivity index (χ2n) is 4.55. The molecule has 2 unspecified atom stereocenters. The topological polar surface area (TPSA) is 58.4 Å². The van der Waals surface area contributed by atoms with Crippen molar-refractivity contribution < 1.29 is 4.79 Å². The summed E-state index contributed by atoms with van der Waals surface area (Å²) in [4.78, 5) is 15.0. The number of rotatable bonds is 4. The average Bonchev–Trinajstić information content (AvgIpc) is 2.84. The van der Waals surface area contributed by atoms with E-state index in [0.717, 1.165) is 13.0 Å². The van der Waals surface area contributed by atoms with Gasteiger partial charge in [-0.15, -0.1) is 11.3 Å². The van der Waals surface area contributed by atoms with Gasteiger partial charge in [-0.3, -0.25) is 0 Å². The first-order valence-electron chi connectivity index (χ1n) is 5.94. The van der Waals surface area contributed by atoms with Crippen LogP contribution in [0, 0.1) is 6.92 Å². The minimum atomic E-state index is 0.0313. The SMILES string of the molecule is Cc1ccsc1C1CN(C(C)CCN)C(=O)N1. The summed E-state index contributed by atoms with van der Waals surface area (Å²) in [6.45, 7) is 5.51. The van der Waals surface area contributed by atoms with Crippen LogP contribution in [0.25, 0.3) is 0 Å². The molecule has 2 rings (SSSR count). The molecule has 1 aliphatic rings. The van der Waals surface area contributed by atoms with Gasteiger partial charge < -0.3 is 16.0 Å². The third-order valence-electron chi connectivity index (χ3n) is 3.27. The van der Waals surface area contributed by atoms with Gasteiger partial charge in [0.05, 0.1) is 6.04 Å². The standard InChI is InChI=1S/C12H19N3OS/c1-8-4-6-17-11(8)10-7-15(12(16)14-10)9(2)3-5-13/h4,6,9-10H,3,5,7,13H2,1-2H3,(H,14,16). The summed E-state index contributed by atoms with van der Waals surface area (Å²) in [5, 5.41) is 5.12. The Morgan fingerprint density at radius 3 is 3.06 bits per heavy atom. The van der Waals surface area contributed by atoms with Crippen molar-refractivity contribution in [3.63, 3.8) is 0 Å². The van der Waals surface area contributed by atoms with Crippen molar-refractivity contribution in [2.75, 3.05) is 13.1 Å². The van der Waals surface area contributed by atoms with Gasteiger partial charge in [-0.05, 0) is 43.8 Å². The first kappa shape index (κ1) is 12.4. The lowest BCUT2D eigenvalue weighted by molar-refractivity contribution is 0.199. The Kier molecular flexibility index (Phi) is 3.69. The fourth-order valence-electron chi connectivity index (χ4n) is 2.22. The maximum atomic E-state index is 11.9. The number of thiophene rings is 1. The van der Waals surface area contributed by atoms with Crippen molar-refractivity contribution in [3.05, 3.63) is 21.9 Å². The van der Waals surface area contributed by atoms with E-state index in [2.05, 4.69) is 30.6 Å². The van der Waals surface area contributed by atoms with Crippen molar-refractivity contribution in [2.45, 2.75) is 32.4 Å². The third-order valence-corrected chi connectivity index (χ3v) is 4.41. The molecule has 1 aliphatic heterocycles. The van der Waals surface area contributed by atoms with E-state index in [1.54, 1.807) is 11.3 Å². The van der Waals surface area contributed by atoms with Crippen molar-refractivity contribution in [2.24, 2.45) is 5.73 Å². The number of hydrogen-bond donors (Lipinski definition) is 2. The molecule has 2 amide bonds. The fraction of sp³-hybridized carbons (Fsp3) is 0.583. The summed E-state index contributed by atoms with van der Waals surface area (Å²) < 4.78 is 0. The Morgan fingerprint density at radius 2 is 2.47 bits per heavy atom. The minimum absolute atomic E-state index is 0.0313. The van der Waals surface area contributed by atoms with Crippen LogP contribution in [0.1, 0.15) is 29.8 Å². The zero-order valence-electron chi connectivity index (χ0n) is 10.3. The normalized spacial score (nSPS) is 21.7. The molecule has 0 radical (unpaired) electrons. The predicted octanol–water partition coefficient (Wildman–Crippen LogP) is 1.86. The third kappa shape index (κ3) is 2.45. The highest BCUT2D eigenvalue weighted by molar-refractivity contribution is 7.10. The molecule has 94 valence electrons. The molecule has 1 fully saturated rings. The van der Waals surface area contributed by atoms with Crippen LogP contribution >= 0.6 is 11.3 Å². The molecule has 5 heteroatoms.